The van der Waals surface area contributed by atoms with E-state index in [-0.39, 0.29) is 17.5 Å². The first-order valence-corrected chi connectivity index (χ1v) is 11.7. The number of carbonyl (C=O) groups is 2. The van der Waals surface area contributed by atoms with Gasteiger partial charge < -0.3 is 14.4 Å². The van der Waals surface area contributed by atoms with Gasteiger partial charge in [0.25, 0.3) is 0 Å². The topological polar surface area (TPSA) is 55.8 Å². The smallest absolute Gasteiger partial charge is 0.179 e. The van der Waals surface area contributed by atoms with Crippen LogP contribution in [-0.4, -0.2) is 36.7 Å². The van der Waals surface area contributed by atoms with Crippen molar-refractivity contribution in [2.24, 2.45) is 0 Å². The molecule has 0 saturated carbocycles. The minimum Gasteiger partial charge on any atom is -0.491 e. The van der Waals surface area contributed by atoms with E-state index in [9.17, 15) is 9.59 Å². The number of hydrogen-bond acceptors (Lipinski definition) is 5. The molecule has 1 aromatic carbocycles. The van der Waals surface area contributed by atoms with E-state index in [1.165, 1.54) is 0 Å². The van der Waals surface area contributed by atoms with Gasteiger partial charge in [0.2, 0.25) is 0 Å². The Morgan fingerprint density at radius 3 is 2.13 bits per heavy atom. The maximum absolute atomic E-state index is 13.3. The standard InChI is InChI=1S/C25H30ClNO4/c1-4-12-27-17-8-6-10-19(28)23(17)22(24-18(27)9-7-11-20(24)29)15-13-16(26)25(30-3)21(14-15)31-5-2/h13-14,22H,4-12H2,1-3H3. The molecule has 166 valence electrons. The van der Waals surface area contributed by atoms with Gasteiger partial charge in [0.15, 0.2) is 23.1 Å². The van der Waals surface area contributed by atoms with Crippen molar-refractivity contribution in [2.45, 2.75) is 64.7 Å². The molecule has 0 amide bonds. The number of halogens is 1. The van der Waals surface area contributed by atoms with Gasteiger partial charge in [-0.1, -0.05) is 18.5 Å². The zero-order valence-corrected chi connectivity index (χ0v) is 19.3. The fourth-order valence-corrected chi connectivity index (χ4v) is 5.56. The van der Waals surface area contributed by atoms with E-state index in [4.69, 9.17) is 21.1 Å². The van der Waals surface area contributed by atoms with Gasteiger partial charge in [-0.15, -0.1) is 0 Å². The summed E-state index contributed by atoms with van der Waals surface area (Å²) in [7, 11) is 1.56. The summed E-state index contributed by atoms with van der Waals surface area (Å²) >= 11 is 6.57. The first kappa shape index (κ1) is 21.9. The first-order chi connectivity index (χ1) is 15.0. The van der Waals surface area contributed by atoms with Crippen LogP contribution in [0.3, 0.4) is 0 Å². The van der Waals surface area contributed by atoms with E-state index in [0.29, 0.717) is 36.0 Å². The summed E-state index contributed by atoms with van der Waals surface area (Å²) in [5.74, 6) is 0.911. The van der Waals surface area contributed by atoms with Gasteiger partial charge in [-0.25, -0.2) is 0 Å². The maximum atomic E-state index is 13.3. The first-order valence-electron chi connectivity index (χ1n) is 11.3. The van der Waals surface area contributed by atoms with Crippen LogP contribution in [-0.2, 0) is 9.59 Å². The largest absolute Gasteiger partial charge is 0.491 e. The number of carbonyl (C=O) groups excluding carboxylic acids is 2. The Balaban J connectivity index is 1.96. The van der Waals surface area contributed by atoms with Crippen LogP contribution in [0.2, 0.25) is 5.02 Å². The zero-order chi connectivity index (χ0) is 22.1. The number of methoxy groups -OCH3 is 1. The average molecular weight is 444 g/mol. The second kappa shape index (κ2) is 9.07. The van der Waals surface area contributed by atoms with E-state index < -0.39 is 0 Å². The third kappa shape index (κ3) is 3.78. The van der Waals surface area contributed by atoms with Crippen molar-refractivity contribution in [1.29, 1.82) is 0 Å². The summed E-state index contributed by atoms with van der Waals surface area (Å²) in [5, 5.41) is 0.426. The second-order valence-electron chi connectivity index (χ2n) is 8.33. The summed E-state index contributed by atoms with van der Waals surface area (Å²) in [6.45, 7) is 5.34. The lowest BCUT2D eigenvalue weighted by molar-refractivity contribution is -0.117. The minimum absolute atomic E-state index is 0.141. The fourth-order valence-electron chi connectivity index (χ4n) is 5.26. The molecule has 5 nitrogen and oxygen atoms in total. The lowest BCUT2D eigenvalue weighted by Gasteiger charge is -2.44. The molecule has 1 heterocycles. The molecule has 0 fully saturated rings. The van der Waals surface area contributed by atoms with Crippen molar-refractivity contribution >= 4 is 23.2 Å². The lowest BCUT2D eigenvalue weighted by atomic mass is 9.71. The summed E-state index contributed by atoms with van der Waals surface area (Å²) < 4.78 is 11.3. The number of Topliss-reactive ketones (excluding diaryl/α,β-unsaturated/α-hetero) is 2. The van der Waals surface area contributed by atoms with Crippen LogP contribution in [0.5, 0.6) is 11.5 Å². The van der Waals surface area contributed by atoms with E-state index >= 15 is 0 Å². The Kier molecular flexibility index (Phi) is 6.42. The molecule has 6 heteroatoms. The third-order valence-electron chi connectivity index (χ3n) is 6.40. The van der Waals surface area contributed by atoms with Crippen LogP contribution in [0.25, 0.3) is 0 Å². The molecule has 1 aromatic rings. The molecule has 0 radical (unpaired) electrons. The SMILES string of the molecule is CCCN1C2=C(C(=O)CCC2)C(c2cc(Cl)c(OC)c(OCC)c2)C2=C1CCCC2=O. The summed E-state index contributed by atoms with van der Waals surface area (Å²) in [6, 6.07) is 3.73. The molecule has 2 aliphatic carbocycles. The molecule has 1 aliphatic heterocycles. The molecule has 0 atom stereocenters. The Hall–Kier alpha value is -2.27. The molecular formula is C25H30ClNO4. The molecule has 0 aromatic heterocycles. The van der Waals surface area contributed by atoms with Crippen LogP contribution >= 0.6 is 11.6 Å². The van der Waals surface area contributed by atoms with Gasteiger partial charge in [-0.05, 0) is 56.7 Å². The van der Waals surface area contributed by atoms with Crippen molar-refractivity contribution in [2.75, 3.05) is 20.3 Å². The highest BCUT2D eigenvalue weighted by atomic mass is 35.5. The molecule has 0 saturated heterocycles. The van der Waals surface area contributed by atoms with E-state index in [1.54, 1.807) is 7.11 Å². The molecule has 0 bridgehead atoms. The van der Waals surface area contributed by atoms with Crippen molar-refractivity contribution < 1.29 is 19.1 Å². The van der Waals surface area contributed by atoms with E-state index in [0.717, 1.165) is 66.8 Å². The van der Waals surface area contributed by atoms with Crippen molar-refractivity contribution in [3.8, 4) is 11.5 Å². The third-order valence-corrected chi connectivity index (χ3v) is 6.68. The number of allylic oxidation sites excluding steroid dienone is 4. The van der Waals surface area contributed by atoms with Crippen molar-refractivity contribution in [3.05, 3.63) is 45.3 Å². The molecule has 0 unspecified atom stereocenters. The fraction of sp³-hybridized carbons (Fsp3) is 0.520. The molecular weight excluding hydrogens is 414 g/mol. The van der Waals surface area contributed by atoms with Crippen LogP contribution in [0.15, 0.2) is 34.7 Å². The van der Waals surface area contributed by atoms with Crippen LogP contribution in [0.4, 0.5) is 0 Å². The second-order valence-corrected chi connectivity index (χ2v) is 8.73. The van der Waals surface area contributed by atoms with Crippen LogP contribution in [0.1, 0.15) is 70.3 Å². The maximum Gasteiger partial charge on any atom is 0.179 e. The number of hydrogen-bond donors (Lipinski definition) is 0. The monoisotopic (exact) mass is 443 g/mol. The van der Waals surface area contributed by atoms with Gasteiger partial charge >= 0.3 is 0 Å². The molecule has 0 spiro atoms. The Morgan fingerprint density at radius 1 is 1.00 bits per heavy atom. The average Bonchev–Trinajstić information content (AvgIpc) is 2.75. The highest BCUT2D eigenvalue weighted by Crippen LogP contribution is 2.51. The van der Waals surface area contributed by atoms with Crippen molar-refractivity contribution in [3.63, 3.8) is 0 Å². The van der Waals surface area contributed by atoms with Crippen molar-refractivity contribution in [1.82, 2.24) is 4.90 Å². The quantitative estimate of drug-likeness (QED) is 0.575. The summed E-state index contributed by atoms with van der Waals surface area (Å²) in [5.41, 5.74) is 4.58. The van der Waals surface area contributed by atoms with Gasteiger partial charge in [-0.2, -0.15) is 0 Å². The number of nitrogens with zero attached hydrogens (tertiary/aromatic N) is 1. The normalized spacial score (nSPS) is 19.5. The number of benzene rings is 1. The van der Waals surface area contributed by atoms with Gasteiger partial charge in [0.1, 0.15) is 0 Å². The predicted molar refractivity (Wildman–Crippen MR) is 121 cm³/mol. The molecule has 4 rings (SSSR count). The van der Waals surface area contributed by atoms with E-state index in [1.807, 2.05) is 19.1 Å². The Labute approximate surface area is 189 Å². The summed E-state index contributed by atoms with van der Waals surface area (Å²) in [4.78, 5) is 28.8. The zero-order valence-electron chi connectivity index (χ0n) is 18.6. The molecule has 31 heavy (non-hydrogen) atoms. The Bertz CT molecular complexity index is 934. The van der Waals surface area contributed by atoms with Gasteiger partial charge in [0, 0.05) is 47.8 Å². The Morgan fingerprint density at radius 2 is 1.61 bits per heavy atom. The van der Waals surface area contributed by atoms with Crippen LogP contribution in [0, 0.1) is 0 Å². The molecule has 0 N–H and O–H groups in total. The lowest BCUT2D eigenvalue weighted by Crippen LogP contribution is -2.39. The highest BCUT2D eigenvalue weighted by Gasteiger charge is 2.43. The predicted octanol–water partition coefficient (Wildman–Crippen LogP) is 5.57. The van der Waals surface area contributed by atoms with Crippen LogP contribution < -0.4 is 9.47 Å². The van der Waals surface area contributed by atoms with Gasteiger partial charge in [0.05, 0.1) is 18.7 Å². The van der Waals surface area contributed by atoms with Gasteiger partial charge in [-0.3, -0.25) is 9.59 Å². The number of ether oxygens (including phenoxy) is 2. The molecule has 3 aliphatic rings. The minimum atomic E-state index is -0.388. The number of rotatable bonds is 6. The number of ketones is 2. The highest BCUT2D eigenvalue weighted by molar-refractivity contribution is 6.32. The van der Waals surface area contributed by atoms with E-state index in [2.05, 4.69) is 11.8 Å². The summed E-state index contributed by atoms with van der Waals surface area (Å²) in [6.07, 6.45) is 5.45.